The van der Waals surface area contributed by atoms with Crippen LogP contribution in [0.4, 0.5) is 0 Å². The Bertz CT molecular complexity index is 242. The molecule has 0 unspecified atom stereocenters. The van der Waals surface area contributed by atoms with Crippen LogP contribution < -0.4 is 5.32 Å². The summed E-state index contributed by atoms with van der Waals surface area (Å²) in [6.07, 6.45) is 5.26. The minimum Gasteiger partial charge on any atom is -0.319 e. The van der Waals surface area contributed by atoms with Crippen LogP contribution in [0, 0.1) is 11.8 Å². The van der Waals surface area contributed by atoms with Crippen molar-refractivity contribution < 1.29 is 4.79 Å². The number of allylic oxidation sites excluding steroid dienone is 2. The zero-order chi connectivity index (χ0) is 8.10. The molecule has 2 nitrogen and oxygen atoms in total. The van der Waals surface area contributed by atoms with E-state index in [4.69, 9.17) is 0 Å². The highest BCUT2D eigenvalue weighted by molar-refractivity contribution is 5.94. The van der Waals surface area contributed by atoms with E-state index in [-0.39, 0.29) is 5.91 Å². The van der Waals surface area contributed by atoms with Crippen LogP contribution in [0.2, 0.25) is 0 Å². The monoisotopic (exact) mass is 149 g/mol. The van der Waals surface area contributed by atoms with Crippen LogP contribution >= 0.6 is 0 Å². The van der Waals surface area contributed by atoms with Gasteiger partial charge in [0.1, 0.15) is 0 Å². The van der Waals surface area contributed by atoms with E-state index in [1.807, 2.05) is 0 Å². The van der Waals surface area contributed by atoms with E-state index in [0.717, 1.165) is 25.0 Å². The van der Waals surface area contributed by atoms with Gasteiger partial charge in [0.25, 0.3) is 5.91 Å². The average Bonchev–Trinajstić information content (AvgIpc) is 2.40. The lowest BCUT2D eigenvalue weighted by molar-refractivity contribution is -0.115. The maximum atomic E-state index is 10.9. The van der Waals surface area contributed by atoms with Crippen LogP contribution in [0.5, 0.6) is 0 Å². The van der Waals surface area contributed by atoms with Gasteiger partial charge < -0.3 is 5.32 Å². The molecule has 58 valence electrons. The Kier molecular flexibility index (Phi) is 2.74. The van der Waals surface area contributed by atoms with Gasteiger partial charge >= 0.3 is 0 Å². The van der Waals surface area contributed by atoms with Crippen LogP contribution in [-0.2, 0) is 4.79 Å². The van der Waals surface area contributed by atoms with Crippen molar-refractivity contribution in [2.75, 3.05) is 0 Å². The molecule has 0 fully saturated rings. The molecule has 1 aliphatic carbocycles. The Labute approximate surface area is 66.7 Å². The van der Waals surface area contributed by atoms with E-state index >= 15 is 0 Å². The minimum absolute atomic E-state index is 0.194. The summed E-state index contributed by atoms with van der Waals surface area (Å²) in [5, 5.41) is 2.73. The van der Waals surface area contributed by atoms with Gasteiger partial charge in [0.05, 0.1) is 0 Å². The quantitative estimate of drug-likeness (QED) is 0.557. The number of carbonyl (C=O) groups is 1. The van der Waals surface area contributed by atoms with Crippen molar-refractivity contribution in [3.05, 3.63) is 11.8 Å². The van der Waals surface area contributed by atoms with Gasteiger partial charge in [-0.15, -0.1) is 0 Å². The first-order valence-electron chi connectivity index (χ1n) is 3.75. The Hall–Kier alpha value is -1.23. The number of nitrogens with one attached hydrogen (secondary N) is 1. The normalized spacial score (nSPS) is 14.8. The summed E-state index contributed by atoms with van der Waals surface area (Å²) in [4.78, 5) is 10.9. The summed E-state index contributed by atoms with van der Waals surface area (Å²) in [6, 6.07) is 0. The van der Waals surface area contributed by atoms with Gasteiger partial charge in [0.15, 0.2) is 0 Å². The summed E-state index contributed by atoms with van der Waals surface area (Å²) < 4.78 is 0. The van der Waals surface area contributed by atoms with Crippen molar-refractivity contribution in [1.82, 2.24) is 5.32 Å². The smallest absolute Gasteiger partial charge is 0.299 e. The topological polar surface area (TPSA) is 29.1 Å². The highest BCUT2D eigenvalue weighted by Gasteiger charge is 2.05. The maximum Gasteiger partial charge on any atom is 0.299 e. The van der Waals surface area contributed by atoms with Crippen LogP contribution in [0.15, 0.2) is 11.8 Å². The maximum absolute atomic E-state index is 10.9. The van der Waals surface area contributed by atoms with Gasteiger partial charge in [-0.3, -0.25) is 4.79 Å². The second-order valence-electron chi connectivity index (χ2n) is 2.45. The summed E-state index contributed by atoms with van der Waals surface area (Å²) in [6.45, 7) is 1.66. The van der Waals surface area contributed by atoms with Gasteiger partial charge in [0.2, 0.25) is 0 Å². The zero-order valence-corrected chi connectivity index (χ0v) is 6.61. The van der Waals surface area contributed by atoms with Gasteiger partial charge in [-0.1, -0.05) is 12.0 Å². The molecule has 0 spiro atoms. The number of carbonyl (C=O) groups excluding carboxylic acids is 1. The van der Waals surface area contributed by atoms with Crippen molar-refractivity contribution in [3.63, 3.8) is 0 Å². The molecule has 1 rings (SSSR count). The van der Waals surface area contributed by atoms with Crippen molar-refractivity contribution >= 4 is 5.91 Å². The molecular weight excluding hydrogens is 138 g/mol. The second-order valence-corrected chi connectivity index (χ2v) is 2.45. The molecule has 0 bridgehead atoms. The van der Waals surface area contributed by atoms with E-state index in [2.05, 4.69) is 23.2 Å². The minimum atomic E-state index is -0.194. The number of rotatable bonds is 1. The molecule has 11 heavy (non-hydrogen) atoms. The van der Waals surface area contributed by atoms with Gasteiger partial charge in [-0.2, -0.15) is 0 Å². The van der Waals surface area contributed by atoms with Crippen LogP contribution in [0.3, 0.4) is 0 Å². The first-order valence-corrected chi connectivity index (χ1v) is 3.75. The molecule has 0 atom stereocenters. The third-order valence-electron chi connectivity index (χ3n) is 1.55. The van der Waals surface area contributed by atoms with E-state index in [9.17, 15) is 4.79 Å². The summed E-state index contributed by atoms with van der Waals surface area (Å²) in [7, 11) is 0. The Morgan fingerprint density at radius 1 is 1.73 bits per heavy atom. The molecule has 0 heterocycles. The van der Waals surface area contributed by atoms with E-state index in [1.54, 1.807) is 6.92 Å². The summed E-state index contributed by atoms with van der Waals surface area (Å²) in [5.41, 5.74) is 1.03. The standard InChI is InChI=1S/C9H11NO/c1-2-5-9(11)10-8-6-3-4-7-8/h6H,3-4,7H2,1H3,(H,10,11). The van der Waals surface area contributed by atoms with Crippen LogP contribution in [0.1, 0.15) is 26.2 Å². The predicted molar refractivity (Wildman–Crippen MR) is 43.5 cm³/mol. The highest BCUT2D eigenvalue weighted by atomic mass is 16.1. The van der Waals surface area contributed by atoms with Crippen molar-refractivity contribution in [1.29, 1.82) is 0 Å². The zero-order valence-electron chi connectivity index (χ0n) is 6.61. The van der Waals surface area contributed by atoms with Gasteiger partial charge in [-0.25, -0.2) is 0 Å². The fourth-order valence-corrected chi connectivity index (χ4v) is 1.08. The van der Waals surface area contributed by atoms with Crippen molar-refractivity contribution in [2.45, 2.75) is 26.2 Å². The molecule has 0 aromatic carbocycles. The molecule has 0 saturated carbocycles. The Morgan fingerprint density at radius 2 is 2.55 bits per heavy atom. The third kappa shape index (κ3) is 2.46. The van der Waals surface area contributed by atoms with Crippen LogP contribution in [0.25, 0.3) is 0 Å². The molecule has 1 amide bonds. The lowest BCUT2D eigenvalue weighted by atomic mass is 10.3. The van der Waals surface area contributed by atoms with E-state index < -0.39 is 0 Å². The second kappa shape index (κ2) is 3.82. The molecule has 0 aromatic heterocycles. The predicted octanol–water partition coefficient (Wildman–Crippen LogP) is 1.19. The fraction of sp³-hybridized carbons (Fsp3) is 0.444. The first kappa shape index (κ1) is 7.87. The molecule has 0 radical (unpaired) electrons. The molecule has 1 aliphatic rings. The lowest BCUT2D eigenvalue weighted by Gasteiger charge is -1.98. The summed E-state index contributed by atoms with van der Waals surface area (Å²) in [5.74, 6) is 4.79. The lowest BCUT2D eigenvalue weighted by Crippen LogP contribution is -2.19. The SMILES string of the molecule is CC#CC(=O)NC1=CCCC1. The molecular formula is C9H11NO. The van der Waals surface area contributed by atoms with E-state index in [1.165, 1.54) is 0 Å². The molecule has 0 aromatic rings. The largest absolute Gasteiger partial charge is 0.319 e. The van der Waals surface area contributed by atoms with E-state index in [0.29, 0.717) is 0 Å². The van der Waals surface area contributed by atoms with Gasteiger partial charge in [-0.05, 0) is 32.1 Å². The first-order chi connectivity index (χ1) is 5.33. The molecule has 0 saturated heterocycles. The van der Waals surface area contributed by atoms with Gasteiger partial charge in [0, 0.05) is 5.70 Å². The fourth-order valence-electron chi connectivity index (χ4n) is 1.08. The third-order valence-corrected chi connectivity index (χ3v) is 1.55. The number of hydrogen-bond acceptors (Lipinski definition) is 1. The Morgan fingerprint density at radius 3 is 3.09 bits per heavy atom. The summed E-state index contributed by atoms with van der Waals surface area (Å²) >= 11 is 0. The van der Waals surface area contributed by atoms with Crippen molar-refractivity contribution in [3.8, 4) is 11.8 Å². The highest BCUT2D eigenvalue weighted by Crippen LogP contribution is 2.13. The molecule has 1 N–H and O–H groups in total. The number of amides is 1. The number of hydrogen-bond donors (Lipinski definition) is 1. The van der Waals surface area contributed by atoms with Crippen molar-refractivity contribution in [2.24, 2.45) is 0 Å². The average molecular weight is 149 g/mol. The molecule has 2 heteroatoms. The Balaban J connectivity index is 2.39. The molecule has 0 aliphatic heterocycles. The van der Waals surface area contributed by atoms with Crippen LogP contribution in [-0.4, -0.2) is 5.91 Å².